The second-order valence-corrected chi connectivity index (χ2v) is 8.67. The number of nitrogens with zero attached hydrogens (tertiary/aromatic N) is 2. The van der Waals surface area contributed by atoms with Crippen LogP contribution in [0.4, 0.5) is 5.69 Å². The number of anilines is 1. The van der Waals surface area contributed by atoms with Crippen LogP contribution in [-0.4, -0.2) is 55.4 Å². The number of hydrogen-bond donors (Lipinski definition) is 1. The number of aliphatic hydroxyl groups is 1. The molecule has 1 unspecified atom stereocenters. The topological polar surface area (TPSA) is 35.9 Å². The highest BCUT2D eigenvalue weighted by Gasteiger charge is 2.21. The fourth-order valence-corrected chi connectivity index (χ4v) is 4.03. The molecule has 1 atom stereocenters. The van der Waals surface area contributed by atoms with Crippen molar-refractivity contribution >= 4 is 5.69 Å². The lowest BCUT2D eigenvalue weighted by Crippen LogP contribution is -2.49. The molecular formula is C25H36N2O2. The van der Waals surface area contributed by atoms with E-state index in [4.69, 9.17) is 4.74 Å². The van der Waals surface area contributed by atoms with E-state index in [1.165, 1.54) is 27.9 Å². The fraction of sp³-hybridized carbons (Fsp3) is 0.520. The molecule has 4 nitrogen and oxygen atoms in total. The van der Waals surface area contributed by atoms with Crippen LogP contribution in [0.1, 0.15) is 42.0 Å². The van der Waals surface area contributed by atoms with Crippen LogP contribution < -0.4 is 9.64 Å². The van der Waals surface area contributed by atoms with Crippen molar-refractivity contribution in [2.75, 3.05) is 44.2 Å². The Hall–Kier alpha value is -2.04. The maximum absolute atomic E-state index is 10.5. The SMILES string of the molecule is Cc1ccc(C(C)C)c(OCC(O)CN2CCN(c3cccc(C)c3C)CC2)c1. The second kappa shape index (κ2) is 9.64. The van der Waals surface area contributed by atoms with Crippen LogP contribution in [0.25, 0.3) is 0 Å². The Morgan fingerprint density at radius 2 is 1.72 bits per heavy atom. The molecule has 0 aromatic heterocycles. The molecule has 1 aliphatic heterocycles. The molecule has 0 bridgehead atoms. The highest BCUT2D eigenvalue weighted by molar-refractivity contribution is 5.56. The van der Waals surface area contributed by atoms with Crippen molar-refractivity contribution in [1.82, 2.24) is 4.90 Å². The van der Waals surface area contributed by atoms with E-state index >= 15 is 0 Å². The summed E-state index contributed by atoms with van der Waals surface area (Å²) in [5.41, 5.74) is 6.43. The van der Waals surface area contributed by atoms with Gasteiger partial charge in [-0.05, 0) is 61.1 Å². The molecule has 0 spiro atoms. The highest BCUT2D eigenvalue weighted by Crippen LogP contribution is 2.28. The Kier molecular flexibility index (Phi) is 7.20. The lowest BCUT2D eigenvalue weighted by Gasteiger charge is -2.37. The summed E-state index contributed by atoms with van der Waals surface area (Å²) in [5, 5.41) is 10.5. The zero-order chi connectivity index (χ0) is 21.0. The molecule has 1 fully saturated rings. The van der Waals surface area contributed by atoms with E-state index in [0.717, 1.165) is 31.9 Å². The number of benzene rings is 2. The first kappa shape index (κ1) is 21.7. The molecule has 3 rings (SSSR count). The number of aryl methyl sites for hydroxylation is 2. The Balaban J connectivity index is 1.50. The molecule has 2 aromatic carbocycles. The summed E-state index contributed by atoms with van der Waals surface area (Å²) in [6.45, 7) is 15.7. The average molecular weight is 397 g/mol. The molecule has 29 heavy (non-hydrogen) atoms. The van der Waals surface area contributed by atoms with Crippen LogP contribution in [-0.2, 0) is 0 Å². The van der Waals surface area contributed by atoms with Gasteiger partial charge in [-0.1, -0.05) is 38.1 Å². The second-order valence-electron chi connectivity index (χ2n) is 8.67. The molecule has 0 radical (unpaired) electrons. The van der Waals surface area contributed by atoms with E-state index in [0.29, 0.717) is 19.1 Å². The van der Waals surface area contributed by atoms with Crippen molar-refractivity contribution in [2.24, 2.45) is 0 Å². The lowest BCUT2D eigenvalue weighted by molar-refractivity contribution is 0.0658. The van der Waals surface area contributed by atoms with Crippen LogP contribution in [0.2, 0.25) is 0 Å². The van der Waals surface area contributed by atoms with Crippen LogP contribution >= 0.6 is 0 Å². The first-order valence-electron chi connectivity index (χ1n) is 10.8. The van der Waals surface area contributed by atoms with Crippen LogP contribution in [0, 0.1) is 20.8 Å². The third kappa shape index (κ3) is 5.52. The van der Waals surface area contributed by atoms with Crippen molar-refractivity contribution in [2.45, 2.75) is 46.6 Å². The largest absolute Gasteiger partial charge is 0.491 e. The fourth-order valence-electron chi connectivity index (χ4n) is 4.03. The van der Waals surface area contributed by atoms with Gasteiger partial charge in [0.1, 0.15) is 18.5 Å². The molecular weight excluding hydrogens is 360 g/mol. The maximum Gasteiger partial charge on any atom is 0.123 e. The summed E-state index contributed by atoms with van der Waals surface area (Å²) in [4.78, 5) is 4.80. The van der Waals surface area contributed by atoms with Crippen molar-refractivity contribution in [3.63, 3.8) is 0 Å². The number of ether oxygens (including phenoxy) is 1. The molecule has 0 saturated carbocycles. The van der Waals surface area contributed by atoms with E-state index in [9.17, 15) is 5.11 Å². The first-order valence-corrected chi connectivity index (χ1v) is 10.8. The van der Waals surface area contributed by atoms with Gasteiger partial charge in [-0.15, -0.1) is 0 Å². The van der Waals surface area contributed by atoms with Crippen LogP contribution in [0.5, 0.6) is 5.75 Å². The zero-order valence-electron chi connectivity index (χ0n) is 18.6. The number of rotatable bonds is 7. The number of β-amino-alcohol motifs (C(OH)–C–C–N with tert-alkyl or cyclic N) is 1. The molecule has 1 heterocycles. The maximum atomic E-state index is 10.5. The van der Waals surface area contributed by atoms with Gasteiger partial charge in [0, 0.05) is 38.4 Å². The van der Waals surface area contributed by atoms with Crippen molar-refractivity contribution < 1.29 is 9.84 Å². The summed E-state index contributed by atoms with van der Waals surface area (Å²) >= 11 is 0. The minimum absolute atomic E-state index is 0.334. The third-order valence-electron chi connectivity index (χ3n) is 5.98. The van der Waals surface area contributed by atoms with Gasteiger partial charge in [0.2, 0.25) is 0 Å². The third-order valence-corrected chi connectivity index (χ3v) is 5.98. The van der Waals surface area contributed by atoms with Gasteiger partial charge in [0.25, 0.3) is 0 Å². The van der Waals surface area contributed by atoms with E-state index in [-0.39, 0.29) is 0 Å². The summed E-state index contributed by atoms with van der Waals surface area (Å²) in [7, 11) is 0. The van der Waals surface area contributed by atoms with E-state index < -0.39 is 6.10 Å². The Bertz CT molecular complexity index is 810. The molecule has 4 heteroatoms. The van der Waals surface area contributed by atoms with Crippen molar-refractivity contribution in [3.8, 4) is 5.75 Å². The Labute approximate surface area is 176 Å². The van der Waals surface area contributed by atoms with Gasteiger partial charge in [0.15, 0.2) is 0 Å². The average Bonchev–Trinajstić information content (AvgIpc) is 2.69. The van der Waals surface area contributed by atoms with Crippen LogP contribution in [0.3, 0.4) is 0 Å². The number of piperazine rings is 1. The standard InChI is InChI=1S/C25H36N2O2/c1-18(2)23-10-9-19(3)15-25(23)29-17-22(28)16-26-11-13-27(14-12-26)24-8-6-7-20(4)21(24)5/h6-10,15,18,22,28H,11-14,16-17H2,1-5H3. The van der Waals surface area contributed by atoms with Gasteiger partial charge < -0.3 is 14.7 Å². The normalized spacial score (nSPS) is 16.3. The minimum Gasteiger partial charge on any atom is -0.491 e. The molecule has 1 saturated heterocycles. The molecule has 158 valence electrons. The van der Waals surface area contributed by atoms with E-state index in [2.05, 4.69) is 80.8 Å². The monoisotopic (exact) mass is 396 g/mol. The minimum atomic E-state index is -0.484. The predicted octanol–water partition coefficient (Wildman–Crippen LogP) is 4.30. The molecule has 0 aliphatic carbocycles. The van der Waals surface area contributed by atoms with E-state index in [1.54, 1.807) is 0 Å². The first-order chi connectivity index (χ1) is 13.8. The molecule has 1 aliphatic rings. The quantitative estimate of drug-likeness (QED) is 0.757. The predicted molar refractivity (Wildman–Crippen MR) is 121 cm³/mol. The van der Waals surface area contributed by atoms with Gasteiger partial charge in [0.05, 0.1) is 0 Å². The van der Waals surface area contributed by atoms with Gasteiger partial charge in [-0.25, -0.2) is 0 Å². The number of hydrogen-bond acceptors (Lipinski definition) is 4. The Morgan fingerprint density at radius 3 is 2.41 bits per heavy atom. The smallest absolute Gasteiger partial charge is 0.123 e. The van der Waals surface area contributed by atoms with Gasteiger partial charge in [-0.3, -0.25) is 4.90 Å². The van der Waals surface area contributed by atoms with E-state index in [1.807, 2.05) is 0 Å². The summed E-state index contributed by atoms with van der Waals surface area (Å²) in [6, 6.07) is 12.9. The van der Waals surface area contributed by atoms with Crippen LogP contribution in [0.15, 0.2) is 36.4 Å². The summed E-state index contributed by atoms with van der Waals surface area (Å²) in [5.74, 6) is 1.31. The molecule has 2 aromatic rings. The zero-order valence-corrected chi connectivity index (χ0v) is 18.6. The Morgan fingerprint density at radius 1 is 1.00 bits per heavy atom. The molecule has 1 N–H and O–H groups in total. The lowest BCUT2D eigenvalue weighted by atomic mass is 10.0. The summed E-state index contributed by atoms with van der Waals surface area (Å²) in [6.07, 6.45) is -0.484. The highest BCUT2D eigenvalue weighted by atomic mass is 16.5. The molecule has 0 amide bonds. The van der Waals surface area contributed by atoms with Gasteiger partial charge >= 0.3 is 0 Å². The summed E-state index contributed by atoms with van der Waals surface area (Å²) < 4.78 is 6.01. The van der Waals surface area contributed by atoms with Crippen molar-refractivity contribution in [1.29, 1.82) is 0 Å². The van der Waals surface area contributed by atoms with Crippen molar-refractivity contribution in [3.05, 3.63) is 58.7 Å². The van der Waals surface area contributed by atoms with Gasteiger partial charge in [-0.2, -0.15) is 0 Å². The number of aliphatic hydroxyl groups excluding tert-OH is 1.